The Bertz CT molecular complexity index is 947. The van der Waals surface area contributed by atoms with Crippen molar-refractivity contribution in [2.75, 3.05) is 6.26 Å². The zero-order valence-corrected chi connectivity index (χ0v) is 13.2. The molecule has 8 heteroatoms. The molecular weight excluding hydrogens is 302 g/mol. The highest BCUT2D eigenvalue weighted by Gasteiger charge is 2.14. The Morgan fingerprint density at radius 2 is 1.86 bits per heavy atom. The molecule has 0 aliphatic rings. The number of aromatic nitrogens is 5. The minimum Gasteiger partial charge on any atom is -0.227 e. The summed E-state index contributed by atoms with van der Waals surface area (Å²) in [4.78, 5) is 12.4. The van der Waals surface area contributed by atoms with Crippen LogP contribution in [-0.2, 0) is 9.84 Å². The van der Waals surface area contributed by atoms with Crippen LogP contribution in [0, 0.1) is 0 Å². The lowest BCUT2D eigenvalue weighted by Gasteiger charge is -2.05. The fourth-order valence-electron chi connectivity index (χ4n) is 2.10. The Hall–Kier alpha value is -2.35. The summed E-state index contributed by atoms with van der Waals surface area (Å²) in [5, 5.41) is 4.05. The van der Waals surface area contributed by atoms with E-state index in [-0.39, 0.29) is 11.1 Å². The Kier molecular flexibility index (Phi) is 3.40. The number of sulfone groups is 1. The summed E-state index contributed by atoms with van der Waals surface area (Å²) in [6.07, 6.45) is 6.07. The molecule has 3 aromatic rings. The van der Waals surface area contributed by atoms with Crippen LogP contribution in [0.25, 0.3) is 17.0 Å². The van der Waals surface area contributed by atoms with Gasteiger partial charge in [0.05, 0.1) is 17.6 Å². The second-order valence-corrected chi connectivity index (χ2v) is 7.24. The molecule has 0 N–H and O–H groups in total. The van der Waals surface area contributed by atoms with E-state index in [1.165, 1.54) is 6.20 Å². The molecule has 0 atom stereocenters. The fraction of sp³-hybridized carbons (Fsp3) is 0.286. The van der Waals surface area contributed by atoms with Crippen molar-refractivity contribution in [1.29, 1.82) is 0 Å². The molecule has 3 aromatic heterocycles. The monoisotopic (exact) mass is 317 g/mol. The Balaban J connectivity index is 2.16. The summed E-state index contributed by atoms with van der Waals surface area (Å²) in [5.41, 5.74) is 2.82. The van der Waals surface area contributed by atoms with Crippen LogP contribution in [-0.4, -0.2) is 39.2 Å². The van der Waals surface area contributed by atoms with Crippen LogP contribution in [0.4, 0.5) is 0 Å². The maximum atomic E-state index is 11.6. The molecule has 114 valence electrons. The van der Waals surface area contributed by atoms with Gasteiger partial charge in [-0.25, -0.2) is 27.9 Å². The van der Waals surface area contributed by atoms with E-state index in [1.807, 2.05) is 0 Å². The summed E-state index contributed by atoms with van der Waals surface area (Å²) in [6.45, 7) is 4.13. The molecule has 3 rings (SSSR count). The number of nitrogens with zero attached hydrogens (tertiary/aromatic N) is 5. The van der Waals surface area contributed by atoms with Gasteiger partial charge in [-0.3, -0.25) is 0 Å². The van der Waals surface area contributed by atoms with Gasteiger partial charge in [-0.2, -0.15) is 5.10 Å². The third-order valence-corrected chi connectivity index (χ3v) is 4.11. The first-order valence-electron chi connectivity index (χ1n) is 6.74. The Labute approximate surface area is 128 Å². The van der Waals surface area contributed by atoms with Crippen LogP contribution in [0.3, 0.4) is 0 Å². The smallest absolute Gasteiger partial charge is 0.227 e. The summed E-state index contributed by atoms with van der Waals surface area (Å²) in [5.74, 6) is 0.289. The molecule has 3 heterocycles. The lowest BCUT2D eigenvalue weighted by atomic mass is 10.1. The van der Waals surface area contributed by atoms with Crippen LogP contribution in [0.15, 0.2) is 35.9 Å². The molecule has 0 saturated heterocycles. The Morgan fingerprint density at radius 1 is 1.14 bits per heavy atom. The van der Waals surface area contributed by atoms with Crippen molar-refractivity contribution in [3.05, 3.63) is 36.3 Å². The van der Waals surface area contributed by atoms with Gasteiger partial charge in [0.2, 0.25) is 15.0 Å². The molecule has 0 amide bonds. The topological polar surface area (TPSA) is 90.1 Å². The van der Waals surface area contributed by atoms with Crippen LogP contribution in [0.2, 0.25) is 0 Å². The van der Waals surface area contributed by atoms with Crippen molar-refractivity contribution < 1.29 is 8.42 Å². The van der Waals surface area contributed by atoms with Crippen LogP contribution in [0.5, 0.6) is 0 Å². The van der Waals surface area contributed by atoms with Gasteiger partial charge in [0.1, 0.15) is 0 Å². The van der Waals surface area contributed by atoms with E-state index in [2.05, 4.69) is 33.9 Å². The van der Waals surface area contributed by atoms with E-state index in [0.717, 1.165) is 17.5 Å². The van der Waals surface area contributed by atoms with Crippen molar-refractivity contribution in [2.24, 2.45) is 0 Å². The van der Waals surface area contributed by atoms with Crippen molar-refractivity contribution in [1.82, 2.24) is 24.6 Å². The van der Waals surface area contributed by atoms with E-state index in [9.17, 15) is 8.42 Å². The molecular formula is C14H15N5O2S. The zero-order valence-electron chi connectivity index (χ0n) is 12.4. The minimum absolute atomic E-state index is 0.204. The first kappa shape index (κ1) is 14.6. The normalized spacial score (nSPS) is 12.2. The van der Waals surface area contributed by atoms with Crippen molar-refractivity contribution >= 4 is 15.5 Å². The van der Waals surface area contributed by atoms with Gasteiger partial charge in [-0.1, -0.05) is 13.8 Å². The highest BCUT2D eigenvalue weighted by molar-refractivity contribution is 7.90. The molecule has 0 radical (unpaired) electrons. The van der Waals surface area contributed by atoms with E-state index in [4.69, 9.17) is 0 Å². The van der Waals surface area contributed by atoms with Gasteiger partial charge in [0.25, 0.3) is 0 Å². The molecule has 0 bridgehead atoms. The first-order valence-corrected chi connectivity index (χ1v) is 8.63. The minimum atomic E-state index is -3.45. The molecule has 0 fully saturated rings. The molecule has 0 aliphatic carbocycles. The van der Waals surface area contributed by atoms with Gasteiger partial charge in [0.15, 0.2) is 5.65 Å². The predicted octanol–water partition coefficient (Wildman–Crippen LogP) is 1.71. The number of hydrogen-bond acceptors (Lipinski definition) is 6. The highest BCUT2D eigenvalue weighted by atomic mass is 32.2. The summed E-state index contributed by atoms with van der Waals surface area (Å²) >= 11 is 0. The predicted molar refractivity (Wildman–Crippen MR) is 81.2 cm³/mol. The third kappa shape index (κ3) is 2.57. The maximum Gasteiger partial charge on any atom is 0.247 e. The number of rotatable bonds is 3. The second-order valence-electron chi connectivity index (χ2n) is 5.33. The number of hydrogen-bond donors (Lipinski definition) is 0. The summed E-state index contributed by atoms with van der Waals surface area (Å²) in [7, 11) is -3.45. The van der Waals surface area contributed by atoms with Crippen LogP contribution >= 0.6 is 0 Å². The van der Waals surface area contributed by atoms with Crippen molar-refractivity contribution in [3.63, 3.8) is 0 Å². The van der Waals surface area contributed by atoms with Gasteiger partial charge in [-0.05, 0) is 18.1 Å². The SMILES string of the molecule is CC(C)c1cnn2ccc(-c3ccnc(S(C)(=O)=O)n3)nc12. The van der Waals surface area contributed by atoms with E-state index >= 15 is 0 Å². The maximum absolute atomic E-state index is 11.6. The quantitative estimate of drug-likeness (QED) is 0.683. The molecule has 0 unspecified atom stereocenters. The first-order chi connectivity index (χ1) is 10.4. The van der Waals surface area contributed by atoms with Crippen LogP contribution < -0.4 is 0 Å². The number of fused-ring (bicyclic) bond motifs is 1. The van der Waals surface area contributed by atoms with Gasteiger partial charge in [0, 0.05) is 24.2 Å². The molecule has 0 saturated carbocycles. The molecule has 0 aromatic carbocycles. The lowest BCUT2D eigenvalue weighted by Crippen LogP contribution is -2.05. The van der Waals surface area contributed by atoms with Crippen molar-refractivity contribution in [3.8, 4) is 11.4 Å². The van der Waals surface area contributed by atoms with Crippen LogP contribution in [0.1, 0.15) is 25.3 Å². The third-order valence-electron chi connectivity index (χ3n) is 3.25. The molecule has 0 aliphatic heterocycles. The molecule has 0 spiro atoms. The zero-order chi connectivity index (χ0) is 15.9. The summed E-state index contributed by atoms with van der Waals surface area (Å²) < 4.78 is 24.8. The van der Waals surface area contributed by atoms with E-state index in [1.54, 1.807) is 29.0 Å². The lowest BCUT2D eigenvalue weighted by molar-refractivity contribution is 0.593. The second kappa shape index (κ2) is 5.13. The average molecular weight is 317 g/mol. The van der Waals surface area contributed by atoms with E-state index < -0.39 is 9.84 Å². The summed E-state index contributed by atoms with van der Waals surface area (Å²) in [6, 6.07) is 3.39. The fourth-order valence-corrected chi connectivity index (χ4v) is 2.62. The largest absolute Gasteiger partial charge is 0.247 e. The Morgan fingerprint density at radius 3 is 2.55 bits per heavy atom. The highest BCUT2D eigenvalue weighted by Crippen LogP contribution is 2.22. The van der Waals surface area contributed by atoms with E-state index in [0.29, 0.717) is 11.4 Å². The van der Waals surface area contributed by atoms with Gasteiger partial charge in [-0.15, -0.1) is 0 Å². The standard InChI is InChI=1S/C14H15N5O2S/c1-9(2)10-8-16-19-7-5-12(17-13(10)19)11-4-6-15-14(18-11)22(3,20)21/h4-9H,1-3H3. The van der Waals surface area contributed by atoms with Gasteiger partial charge < -0.3 is 0 Å². The molecule has 7 nitrogen and oxygen atoms in total. The molecule has 22 heavy (non-hydrogen) atoms. The van der Waals surface area contributed by atoms with Gasteiger partial charge >= 0.3 is 0 Å². The average Bonchev–Trinajstić information content (AvgIpc) is 2.89. The van der Waals surface area contributed by atoms with Crippen molar-refractivity contribution in [2.45, 2.75) is 24.9 Å².